The minimum absolute atomic E-state index is 0.195. The van der Waals surface area contributed by atoms with Gasteiger partial charge in [-0.15, -0.1) is 0 Å². The predicted octanol–water partition coefficient (Wildman–Crippen LogP) is 2.49. The van der Waals surface area contributed by atoms with Crippen LogP contribution in [0.5, 0.6) is 0 Å². The van der Waals surface area contributed by atoms with Crippen molar-refractivity contribution in [3.63, 3.8) is 0 Å². The fourth-order valence-corrected chi connectivity index (χ4v) is 2.76. The first-order valence-electron chi connectivity index (χ1n) is 6.09. The third kappa shape index (κ3) is 3.58. The Morgan fingerprint density at radius 3 is 2.65 bits per heavy atom. The summed E-state index contributed by atoms with van der Waals surface area (Å²) in [6, 6.07) is 8.29. The van der Waals surface area contributed by atoms with Gasteiger partial charge in [0.25, 0.3) is 0 Å². The molecule has 1 unspecified atom stereocenters. The smallest absolute Gasteiger partial charge is 0.166 e. The molecule has 0 radical (unpaired) electrons. The Bertz CT molecular complexity index is 366. The highest BCUT2D eigenvalue weighted by Gasteiger charge is 2.22. The number of Topliss-reactive ketones (excluding diaryl/α,β-unsaturated/α-hetero) is 1. The molecule has 1 heterocycles. The second kappa shape index (κ2) is 6.22. The van der Waals surface area contributed by atoms with Crippen LogP contribution in [0, 0.1) is 0 Å². The average Bonchev–Trinajstić information content (AvgIpc) is 2.40. The van der Waals surface area contributed by atoms with Crippen LogP contribution in [0.15, 0.2) is 24.3 Å². The van der Waals surface area contributed by atoms with Crippen LogP contribution in [-0.2, 0) is 22.4 Å². The molecule has 92 valence electrons. The highest BCUT2D eigenvalue weighted by atomic mass is 32.2. The van der Waals surface area contributed by atoms with Gasteiger partial charge in [-0.2, -0.15) is 11.8 Å². The molecule has 1 aliphatic heterocycles. The number of rotatable bonds is 4. The molecule has 1 aromatic rings. The standard InChI is InChI=1S/C14H18O2S/c1-2-11-3-5-12(6-4-11)9-13(15)14-10-17-8-7-16-14/h3-6,14H,2,7-10H2,1H3. The normalized spacial score (nSPS) is 20.2. The van der Waals surface area contributed by atoms with Gasteiger partial charge in [0.2, 0.25) is 0 Å². The van der Waals surface area contributed by atoms with Gasteiger partial charge in [0.15, 0.2) is 5.78 Å². The van der Waals surface area contributed by atoms with Crippen molar-refractivity contribution in [3.8, 4) is 0 Å². The predicted molar refractivity (Wildman–Crippen MR) is 71.6 cm³/mol. The summed E-state index contributed by atoms with van der Waals surface area (Å²) in [6.45, 7) is 2.84. The third-order valence-electron chi connectivity index (χ3n) is 2.98. The molecule has 0 saturated carbocycles. The molecule has 0 bridgehead atoms. The van der Waals surface area contributed by atoms with E-state index in [-0.39, 0.29) is 11.9 Å². The Hall–Kier alpha value is -0.800. The molecule has 0 aliphatic carbocycles. The van der Waals surface area contributed by atoms with Crippen molar-refractivity contribution in [1.82, 2.24) is 0 Å². The molecule has 1 atom stereocenters. The van der Waals surface area contributed by atoms with Crippen LogP contribution in [0.25, 0.3) is 0 Å². The van der Waals surface area contributed by atoms with Crippen molar-refractivity contribution in [1.29, 1.82) is 0 Å². The Morgan fingerprint density at radius 2 is 2.06 bits per heavy atom. The fourth-order valence-electron chi connectivity index (χ4n) is 1.88. The molecule has 2 rings (SSSR count). The zero-order valence-electron chi connectivity index (χ0n) is 10.1. The van der Waals surface area contributed by atoms with E-state index >= 15 is 0 Å². The first kappa shape index (κ1) is 12.7. The number of thioether (sulfide) groups is 1. The lowest BCUT2D eigenvalue weighted by Gasteiger charge is -2.21. The molecule has 0 N–H and O–H groups in total. The fraction of sp³-hybridized carbons (Fsp3) is 0.500. The first-order chi connectivity index (χ1) is 8.29. The number of hydrogen-bond acceptors (Lipinski definition) is 3. The van der Waals surface area contributed by atoms with Crippen LogP contribution in [0.3, 0.4) is 0 Å². The van der Waals surface area contributed by atoms with E-state index in [0.29, 0.717) is 13.0 Å². The number of hydrogen-bond donors (Lipinski definition) is 0. The van der Waals surface area contributed by atoms with E-state index in [1.54, 1.807) is 11.8 Å². The molecule has 1 aromatic carbocycles. The summed E-state index contributed by atoms with van der Waals surface area (Å²) >= 11 is 1.80. The number of benzene rings is 1. The van der Waals surface area contributed by atoms with Gasteiger partial charge in [0.05, 0.1) is 6.61 Å². The van der Waals surface area contributed by atoms with Gasteiger partial charge in [-0.05, 0) is 17.5 Å². The van der Waals surface area contributed by atoms with E-state index in [9.17, 15) is 4.79 Å². The molecule has 1 fully saturated rings. The summed E-state index contributed by atoms with van der Waals surface area (Å²) in [4.78, 5) is 12.0. The molecular formula is C14H18O2S. The molecule has 1 saturated heterocycles. The summed E-state index contributed by atoms with van der Waals surface area (Å²) in [5.74, 6) is 2.03. The minimum Gasteiger partial charge on any atom is -0.369 e. The number of ketones is 1. The van der Waals surface area contributed by atoms with Gasteiger partial charge >= 0.3 is 0 Å². The molecule has 3 heteroatoms. The summed E-state index contributed by atoms with van der Waals surface area (Å²) in [6.07, 6.45) is 1.34. The van der Waals surface area contributed by atoms with E-state index in [1.807, 2.05) is 12.1 Å². The molecule has 0 spiro atoms. The van der Waals surface area contributed by atoms with Gasteiger partial charge in [-0.1, -0.05) is 31.2 Å². The Balaban J connectivity index is 1.92. The van der Waals surface area contributed by atoms with Crippen molar-refractivity contribution >= 4 is 17.5 Å². The molecule has 0 amide bonds. The number of carbonyl (C=O) groups is 1. The van der Waals surface area contributed by atoms with Crippen LogP contribution in [0.1, 0.15) is 18.1 Å². The lowest BCUT2D eigenvalue weighted by molar-refractivity contribution is -0.128. The molecule has 17 heavy (non-hydrogen) atoms. The van der Waals surface area contributed by atoms with E-state index < -0.39 is 0 Å². The third-order valence-corrected chi connectivity index (χ3v) is 3.98. The van der Waals surface area contributed by atoms with Gasteiger partial charge in [0.1, 0.15) is 6.10 Å². The topological polar surface area (TPSA) is 26.3 Å². The number of aryl methyl sites for hydroxylation is 1. The maximum absolute atomic E-state index is 12.0. The van der Waals surface area contributed by atoms with E-state index in [4.69, 9.17) is 4.74 Å². The molecular weight excluding hydrogens is 232 g/mol. The highest BCUT2D eigenvalue weighted by molar-refractivity contribution is 7.99. The van der Waals surface area contributed by atoms with Crippen molar-refractivity contribution < 1.29 is 9.53 Å². The van der Waals surface area contributed by atoms with Crippen LogP contribution in [-0.4, -0.2) is 30.0 Å². The Kier molecular flexibility index (Phi) is 4.63. The van der Waals surface area contributed by atoms with Gasteiger partial charge < -0.3 is 4.74 Å². The van der Waals surface area contributed by atoms with E-state index in [1.165, 1.54) is 5.56 Å². The summed E-state index contributed by atoms with van der Waals surface area (Å²) in [5, 5.41) is 0. The SMILES string of the molecule is CCc1ccc(CC(=O)C2CSCCO2)cc1. The minimum atomic E-state index is -0.195. The van der Waals surface area contributed by atoms with Crippen LogP contribution < -0.4 is 0 Å². The second-order valence-corrected chi connectivity index (χ2v) is 5.40. The van der Waals surface area contributed by atoms with Crippen molar-refractivity contribution in [2.24, 2.45) is 0 Å². The van der Waals surface area contributed by atoms with E-state index in [0.717, 1.165) is 23.5 Å². The van der Waals surface area contributed by atoms with Crippen LogP contribution in [0.2, 0.25) is 0 Å². The average molecular weight is 250 g/mol. The maximum Gasteiger partial charge on any atom is 0.166 e. The second-order valence-electron chi connectivity index (χ2n) is 4.25. The van der Waals surface area contributed by atoms with Crippen LogP contribution >= 0.6 is 11.8 Å². The van der Waals surface area contributed by atoms with Gasteiger partial charge in [-0.25, -0.2) is 0 Å². The molecule has 2 nitrogen and oxygen atoms in total. The largest absolute Gasteiger partial charge is 0.369 e. The summed E-state index contributed by atoms with van der Waals surface area (Å²) in [5.41, 5.74) is 2.40. The number of ether oxygens (including phenoxy) is 1. The number of carbonyl (C=O) groups excluding carboxylic acids is 1. The van der Waals surface area contributed by atoms with Gasteiger partial charge in [0, 0.05) is 17.9 Å². The Morgan fingerprint density at radius 1 is 1.35 bits per heavy atom. The monoisotopic (exact) mass is 250 g/mol. The zero-order valence-corrected chi connectivity index (χ0v) is 11.0. The maximum atomic E-state index is 12.0. The quantitative estimate of drug-likeness (QED) is 0.821. The lowest BCUT2D eigenvalue weighted by Crippen LogP contribution is -2.32. The summed E-state index contributed by atoms with van der Waals surface area (Å²) < 4.78 is 5.49. The first-order valence-corrected chi connectivity index (χ1v) is 7.25. The highest BCUT2D eigenvalue weighted by Crippen LogP contribution is 2.15. The molecule has 1 aliphatic rings. The van der Waals surface area contributed by atoms with Crippen molar-refractivity contribution in [2.45, 2.75) is 25.9 Å². The lowest BCUT2D eigenvalue weighted by atomic mass is 10.0. The zero-order chi connectivity index (χ0) is 12.1. The van der Waals surface area contributed by atoms with Crippen molar-refractivity contribution in [2.75, 3.05) is 18.1 Å². The summed E-state index contributed by atoms with van der Waals surface area (Å²) in [7, 11) is 0. The van der Waals surface area contributed by atoms with Crippen LogP contribution in [0.4, 0.5) is 0 Å². The Labute approximate surface area is 107 Å². The molecule has 0 aromatic heterocycles. The van der Waals surface area contributed by atoms with Crippen molar-refractivity contribution in [3.05, 3.63) is 35.4 Å². The van der Waals surface area contributed by atoms with Gasteiger partial charge in [-0.3, -0.25) is 4.79 Å². The van der Waals surface area contributed by atoms with E-state index in [2.05, 4.69) is 19.1 Å².